The number of ether oxygens (including phenoxy) is 3. The van der Waals surface area contributed by atoms with Gasteiger partial charge in [-0.3, -0.25) is 14.4 Å². The quantitative estimate of drug-likeness (QED) is 0.0261. The second kappa shape index (κ2) is 67.8. The summed E-state index contributed by atoms with van der Waals surface area (Å²) < 4.78 is 16.9. The summed E-state index contributed by atoms with van der Waals surface area (Å²) in [4.78, 5) is 38.3. The van der Waals surface area contributed by atoms with Gasteiger partial charge >= 0.3 is 17.9 Å². The Bertz CT molecular complexity index is 1560. The molecule has 80 heavy (non-hydrogen) atoms. The van der Waals surface area contributed by atoms with E-state index in [1.807, 2.05) is 0 Å². The summed E-state index contributed by atoms with van der Waals surface area (Å²) in [6.07, 6.45) is 91.5. The first kappa shape index (κ1) is 76.3. The van der Waals surface area contributed by atoms with E-state index in [2.05, 4.69) is 118 Å². The van der Waals surface area contributed by atoms with Crippen molar-refractivity contribution in [2.75, 3.05) is 13.2 Å². The molecule has 0 aliphatic heterocycles. The normalized spacial score (nSPS) is 12.7. The van der Waals surface area contributed by atoms with Crippen molar-refractivity contribution in [3.63, 3.8) is 0 Å². The van der Waals surface area contributed by atoms with Gasteiger partial charge in [0.15, 0.2) is 6.10 Å². The maximum atomic E-state index is 12.9. The molecule has 0 saturated heterocycles. The highest BCUT2D eigenvalue weighted by molar-refractivity contribution is 5.71. The number of allylic oxidation sites excluding steroid dienone is 16. The minimum Gasteiger partial charge on any atom is -0.462 e. The lowest BCUT2D eigenvalue weighted by molar-refractivity contribution is -0.167. The van der Waals surface area contributed by atoms with Crippen LogP contribution < -0.4 is 0 Å². The lowest BCUT2D eigenvalue weighted by Gasteiger charge is -2.18. The van der Waals surface area contributed by atoms with Crippen molar-refractivity contribution in [1.82, 2.24) is 0 Å². The van der Waals surface area contributed by atoms with Gasteiger partial charge in [0.05, 0.1) is 0 Å². The van der Waals surface area contributed by atoms with Gasteiger partial charge in [0.1, 0.15) is 13.2 Å². The van der Waals surface area contributed by atoms with Crippen LogP contribution in [0.2, 0.25) is 0 Å². The molecule has 0 saturated carbocycles. The van der Waals surface area contributed by atoms with Crippen LogP contribution >= 0.6 is 0 Å². The van der Waals surface area contributed by atoms with Crippen molar-refractivity contribution in [2.45, 2.75) is 341 Å². The van der Waals surface area contributed by atoms with Gasteiger partial charge in [-0.2, -0.15) is 0 Å². The molecule has 0 fully saturated rings. The smallest absolute Gasteiger partial charge is 0.306 e. The number of unbranched alkanes of at least 4 members (excludes halogenated alkanes) is 35. The van der Waals surface area contributed by atoms with E-state index in [9.17, 15) is 14.4 Å². The zero-order valence-corrected chi connectivity index (χ0v) is 52.8. The molecular weight excluding hydrogens is 985 g/mol. The molecule has 0 aliphatic rings. The SMILES string of the molecule is CC/C=C\C/C=C\C/C=C\C/C=C\C/C=C\C/C=C\CCCCCCCCCCC(=O)OCC(COC(=O)CCCCCCC/C=C\CCC)OC(=O)CCCCCCCCCCCCCCC/C=C\CCCCCCCCCC. The first-order chi connectivity index (χ1) is 39.5. The molecule has 0 rings (SSSR count). The molecule has 6 heteroatoms. The summed E-state index contributed by atoms with van der Waals surface area (Å²) in [5.74, 6) is -0.889. The number of rotatable bonds is 62. The third kappa shape index (κ3) is 65.1. The summed E-state index contributed by atoms with van der Waals surface area (Å²) >= 11 is 0. The Kier molecular flexibility index (Phi) is 64.7. The van der Waals surface area contributed by atoms with Crippen LogP contribution in [0.4, 0.5) is 0 Å². The van der Waals surface area contributed by atoms with E-state index in [1.54, 1.807) is 0 Å². The van der Waals surface area contributed by atoms with Crippen LogP contribution in [0, 0.1) is 0 Å². The fourth-order valence-electron chi connectivity index (χ4n) is 9.68. The van der Waals surface area contributed by atoms with E-state index < -0.39 is 6.10 Å². The number of hydrogen-bond donors (Lipinski definition) is 0. The Morgan fingerprint density at radius 1 is 0.263 bits per heavy atom. The highest BCUT2D eigenvalue weighted by Crippen LogP contribution is 2.17. The van der Waals surface area contributed by atoms with Gasteiger partial charge in [-0.05, 0) is 116 Å². The van der Waals surface area contributed by atoms with Gasteiger partial charge in [-0.25, -0.2) is 0 Å². The maximum Gasteiger partial charge on any atom is 0.306 e. The number of hydrogen-bond acceptors (Lipinski definition) is 6. The fourth-order valence-corrected chi connectivity index (χ4v) is 9.68. The van der Waals surface area contributed by atoms with E-state index in [1.165, 1.54) is 180 Å². The van der Waals surface area contributed by atoms with Crippen LogP contribution in [0.1, 0.15) is 335 Å². The maximum absolute atomic E-state index is 12.9. The summed E-state index contributed by atoms with van der Waals surface area (Å²) in [5, 5.41) is 0. The molecule has 0 N–H and O–H groups in total. The molecule has 460 valence electrons. The van der Waals surface area contributed by atoms with Crippen LogP contribution in [0.25, 0.3) is 0 Å². The van der Waals surface area contributed by atoms with Crippen molar-refractivity contribution < 1.29 is 28.6 Å². The zero-order valence-electron chi connectivity index (χ0n) is 52.8. The second-order valence-corrected chi connectivity index (χ2v) is 22.7. The van der Waals surface area contributed by atoms with Crippen molar-refractivity contribution in [3.8, 4) is 0 Å². The molecule has 0 heterocycles. The molecule has 1 unspecified atom stereocenters. The van der Waals surface area contributed by atoms with Crippen LogP contribution in [-0.4, -0.2) is 37.2 Å². The van der Waals surface area contributed by atoms with E-state index in [-0.39, 0.29) is 31.1 Å². The Morgan fingerprint density at radius 2 is 0.512 bits per heavy atom. The van der Waals surface area contributed by atoms with Crippen LogP contribution in [0.5, 0.6) is 0 Å². The lowest BCUT2D eigenvalue weighted by Crippen LogP contribution is -2.30. The van der Waals surface area contributed by atoms with E-state index in [0.717, 1.165) is 116 Å². The molecule has 0 spiro atoms. The molecule has 0 radical (unpaired) electrons. The first-order valence-electron chi connectivity index (χ1n) is 34.2. The van der Waals surface area contributed by atoms with Gasteiger partial charge in [-0.1, -0.05) is 298 Å². The first-order valence-corrected chi connectivity index (χ1v) is 34.2. The van der Waals surface area contributed by atoms with Crippen LogP contribution in [0.15, 0.2) is 97.2 Å². The number of carbonyl (C=O) groups is 3. The molecule has 0 aliphatic carbocycles. The molecule has 0 amide bonds. The average molecular weight is 1110 g/mol. The van der Waals surface area contributed by atoms with Crippen molar-refractivity contribution in [2.24, 2.45) is 0 Å². The Labute approximate surface area is 496 Å². The third-order valence-electron chi connectivity index (χ3n) is 14.8. The predicted octanol–water partition coefficient (Wildman–Crippen LogP) is 23.6. The van der Waals surface area contributed by atoms with E-state index in [4.69, 9.17) is 14.2 Å². The summed E-state index contributed by atoms with van der Waals surface area (Å²) in [6, 6.07) is 0. The van der Waals surface area contributed by atoms with Crippen molar-refractivity contribution >= 4 is 17.9 Å². The molecule has 0 aromatic rings. The minimum absolute atomic E-state index is 0.0829. The molecular formula is C74H128O6. The van der Waals surface area contributed by atoms with Gasteiger partial charge in [0, 0.05) is 19.3 Å². The summed E-state index contributed by atoms with van der Waals surface area (Å²) in [7, 11) is 0. The molecule has 0 aromatic carbocycles. The van der Waals surface area contributed by atoms with Crippen LogP contribution in [-0.2, 0) is 28.6 Å². The molecule has 0 aromatic heterocycles. The van der Waals surface area contributed by atoms with Crippen molar-refractivity contribution in [1.29, 1.82) is 0 Å². The Morgan fingerprint density at radius 3 is 0.825 bits per heavy atom. The second-order valence-electron chi connectivity index (χ2n) is 22.7. The van der Waals surface area contributed by atoms with E-state index >= 15 is 0 Å². The fraction of sp³-hybridized carbons (Fsp3) is 0.743. The van der Waals surface area contributed by atoms with Crippen molar-refractivity contribution in [3.05, 3.63) is 97.2 Å². The Hall–Kier alpha value is -3.67. The number of carbonyl (C=O) groups excluding carboxylic acids is 3. The van der Waals surface area contributed by atoms with Gasteiger partial charge < -0.3 is 14.2 Å². The largest absolute Gasteiger partial charge is 0.462 e. The summed E-state index contributed by atoms with van der Waals surface area (Å²) in [5.41, 5.74) is 0. The lowest BCUT2D eigenvalue weighted by atomic mass is 10.0. The van der Waals surface area contributed by atoms with Crippen LogP contribution in [0.3, 0.4) is 0 Å². The molecule has 6 nitrogen and oxygen atoms in total. The summed E-state index contributed by atoms with van der Waals surface area (Å²) in [6.45, 7) is 6.48. The zero-order chi connectivity index (χ0) is 57.8. The van der Waals surface area contributed by atoms with Gasteiger partial charge in [-0.15, -0.1) is 0 Å². The van der Waals surface area contributed by atoms with E-state index in [0.29, 0.717) is 19.3 Å². The standard InChI is InChI=1S/C74H128O6/c1-4-7-10-13-16-19-22-24-26-28-30-32-34-36-37-39-40-42-44-46-48-50-52-55-58-61-64-67-73(76)79-70-71(69-78-72(75)66-63-60-57-54-21-18-15-12-9-6-3)80-74(77)68-65-62-59-56-53-51-49-47-45-43-41-38-35-33-31-29-27-25-23-20-17-14-11-8-5-2/h7,10,12,15-16,19,24,26,29-32,36-37,40,42,71H,4-6,8-9,11,13-14,17-18,20-23,25,27-28,33-35,38-39,41,43-70H2,1-3H3/b10-7-,15-12-,19-16-,26-24-,31-29-,32-30-,37-36-,42-40-. The topological polar surface area (TPSA) is 78.9 Å². The average Bonchev–Trinajstić information content (AvgIpc) is 3.46. The monoisotopic (exact) mass is 1110 g/mol. The third-order valence-corrected chi connectivity index (χ3v) is 14.8. The Balaban J connectivity index is 4.23. The minimum atomic E-state index is -0.785. The predicted molar refractivity (Wildman–Crippen MR) is 348 cm³/mol. The highest BCUT2D eigenvalue weighted by atomic mass is 16.6. The number of esters is 3. The van der Waals surface area contributed by atoms with Gasteiger partial charge in [0.25, 0.3) is 0 Å². The molecule has 1 atom stereocenters. The molecule has 0 bridgehead atoms. The highest BCUT2D eigenvalue weighted by Gasteiger charge is 2.19. The van der Waals surface area contributed by atoms with Gasteiger partial charge in [0.2, 0.25) is 0 Å².